The van der Waals surface area contributed by atoms with Gasteiger partial charge in [0.05, 0.1) is 6.61 Å². The summed E-state index contributed by atoms with van der Waals surface area (Å²) < 4.78 is 5.61. The van der Waals surface area contributed by atoms with E-state index in [1.807, 2.05) is 67.3 Å². The van der Waals surface area contributed by atoms with Gasteiger partial charge in [0.2, 0.25) is 11.8 Å². The van der Waals surface area contributed by atoms with E-state index in [2.05, 4.69) is 15.6 Å². The van der Waals surface area contributed by atoms with Gasteiger partial charge in [0, 0.05) is 60.1 Å². The summed E-state index contributed by atoms with van der Waals surface area (Å²) in [5.74, 6) is -0.123. The van der Waals surface area contributed by atoms with E-state index >= 15 is 0 Å². The van der Waals surface area contributed by atoms with Gasteiger partial charge in [0.15, 0.2) is 0 Å². The van der Waals surface area contributed by atoms with E-state index < -0.39 is 12.1 Å². The van der Waals surface area contributed by atoms with Crippen LogP contribution in [0, 0.1) is 12.8 Å². The predicted molar refractivity (Wildman–Crippen MR) is 177 cm³/mol. The van der Waals surface area contributed by atoms with Crippen LogP contribution in [0.4, 0.5) is 21.9 Å². The Kier molecular flexibility index (Phi) is 7.50. The molecule has 10 nitrogen and oxygen atoms in total. The maximum Gasteiger partial charge on any atom is 0.411 e. The van der Waals surface area contributed by atoms with Crippen LogP contribution in [0.3, 0.4) is 0 Å². The molecule has 4 atom stereocenters. The fourth-order valence-electron chi connectivity index (χ4n) is 7.29. The van der Waals surface area contributed by atoms with E-state index in [4.69, 9.17) is 4.74 Å². The SMILES string of the molecule is Cc1cc2ccc1[C@@H](C)COC(=O)Nc1ccc(N3C(=O)[C@@H]4CC[C@H]3C4)c(c1)CN(C)C(=O)[C@@H]2Nc1ccc2cc[nH]c(=O)c2c1. The molecule has 2 fully saturated rings. The molecule has 236 valence electrons. The summed E-state index contributed by atoms with van der Waals surface area (Å²) >= 11 is 0. The molecule has 3 N–H and O–H groups in total. The van der Waals surface area contributed by atoms with Gasteiger partial charge in [-0.25, -0.2) is 4.79 Å². The molecule has 0 unspecified atom stereocenters. The van der Waals surface area contributed by atoms with Crippen molar-refractivity contribution in [3.05, 3.63) is 99.5 Å². The second kappa shape index (κ2) is 11.7. The van der Waals surface area contributed by atoms with Crippen molar-refractivity contribution >= 4 is 45.7 Å². The summed E-state index contributed by atoms with van der Waals surface area (Å²) in [5, 5.41) is 7.58. The number of carbonyl (C=O) groups is 3. The van der Waals surface area contributed by atoms with Crippen molar-refractivity contribution in [2.75, 3.05) is 29.2 Å². The molecule has 4 aliphatic rings. The minimum atomic E-state index is -0.770. The molecular weight excluding hydrogens is 582 g/mol. The molecule has 4 heterocycles. The minimum Gasteiger partial charge on any atom is -0.449 e. The third-order valence-electron chi connectivity index (χ3n) is 9.68. The number of likely N-dealkylation sites (N-methyl/N-ethyl adjacent to an activating group) is 1. The summed E-state index contributed by atoms with van der Waals surface area (Å²) in [5.41, 5.74) is 5.20. The standard InChI is InChI=1S/C36H37N5O5/c1-20-14-23-6-10-29(20)21(2)19-46-36(45)39-26-8-11-31(41-28-9-5-24(16-28)34(41)43)25(15-26)18-40(3)35(44)32(23)38-27-7-4-22-12-13-37-33(42)30(22)17-27/h4,6-8,10-15,17,21,24,28,32,38H,5,9,16,18-19H2,1-3H3,(H,37,42)(H,39,45)/t21-,24+,28-,32+/m0/s1. The molecule has 1 saturated heterocycles. The van der Waals surface area contributed by atoms with E-state index in [1.165, 1.54) is 0 Å². The van der Waals surface area contributed by atoms with Crippen molar-refractivity contribution in [2.24, 2.45) is 5.92 Å². The number of benzene rings is 3. The van der Waals surface area contributed by atoms with Crippen LogP contribution in [0.2, 0.25) is 0 Å². The highest BCUT2D eigenvalue weighted by Crippen LogP contribution is 2.43. The Morgan fingerprint density at radius 1 is 0.935 bits per heavy atom. The van der Waals surface area contributed by atoms with Gasteiger partial charge in [0.1, 0.15) is 6.04 Å². The lowest BCUT2D eigenvalue weighted by Crippen LogP contribution is -2.39. The van der Waals surface area contributed by atoms with Crippen LogP contribution in [-0.4, -0.2) is 47.5 Å². The highest BCUT2D eigenvalue weighted by molar-refractivity contribution is 6.00. The molecule has 1 aromatic heterocycles. The van der Waals surface area contributed by atoms with Crippen LogP contribution in [0.15, 0.2) is 71.7 Å². The fourth-order valence-corrected chi connectivity index (χ4v) is 7.29. The first-order chi connectivity index (χ1) is 22.2. The lowest BCUT2D eigenvalue weighted by molar-refractivity contribution is -0.131. The molecule has 3 amide bonds. The lowest BCUT2D eigenvalue weighted by Gasteiger charge is -2.32. The van der Waals surface area contributed by atoms with Crippen molar-refractivity contribution in [1.29, 1.82) is 0 Å². The molecule has 10 heteroatoms. The third-order valence-corrected chi connectivity index (χ3v) is 9.68. The fraction of sp³-hybridized carbons (Fsp3) is 0.333. The number of carbonyl (C=O) groups excluding carboxylic acids is 3. The number of nitrogens with zero attached hydrogens (tertiary/aromatic N) is 2. The predicted octanol–water partition coefficient (Wildman–Crippen LogP) is 5.83. The smallest absolute Gasteiger partial charge is 0.411 e. The van der Waals surface area contributed by atoms with Crippen molar-refractivity contribution in [3.8, 4) is 0 Å². The van der Waals surface area contributed by atoms with Crippen LogP contribution in [0.5, 0.6) is 0 Å². The Bertz CT molecular complexity index is 1940. The van der Waals surface area contributed by atoms with Crippen LogP contribution < -0.4 is 21.1 Å². The minimum absolute atomic E-state index is 0.0338. The van der Waals surface area contributed by atoms with E-state index in [0.717, 1.165) is 52.6 Å². The van der Waals surface area contributed by atoms with Crippen LogP contribution >= 0.6 is 0 Å². The molecule has 8 rings (SSSR count). The maximum atomic E-state index is 14.4. The second-order valence-corrected chi connectivity index (χ2v) is 12.8. The highest BCUT2D eigenvalue weighted by atomic mass is 16.5. The Hall–Kier alpha value is -5.12. The van der Waals surface area contributed by atoms with Crippen LogP contribution in [0.1, 0.15) is 60.4 Å². The van der Waals surface area contributed by atoms with Crippen LogP contribution in [0.25, 0.3) is 10.8 Å². The number of hydrogen-bond acceptors (Lipinski definition) is 6. The topological polar surface area (TPSA) is 124 Å². The lowest BCUT2D eigenvalue weighted by atomic mass is 9.93. The molecule has 3 aliphatic heterocycles. The van der Waals surface area contributed by atoms with Crippen molar-refractivity contribution in [2.45, 2.75) is 57.7 Å². The Labute approximate surface area is 266 Å². The normalized spacial score (nSPS) is 23.2. The second-order valence-electron chi connectivity index (χ2n) is 12.8. The van der Waals surface area contributed by atoms with Gasteiger partial charge in [-0.05, 0) is 90.2 Å². The van der Waals surface area contributed by atoms with E-state index in [-0.39, 0.29) is 48.4 Å². The number of aromatic nitrogens is 1. The summed E-state index contributed by atoms with van der Waals surface area (Å²) in [7, 11) is 1.74. The number of rotatable bonds is 3. The molecular formula is C36H37N5O5. The largest absolute Gasteiger partial charge is 0.449 e. The Balaban J connectivity index is 1.30. The molecule has 46 heavy (non-hydrogen) atoms. The van der Waals surface area contributed by atoms with Crippen LogP contribution in [-0.2, 0) is 20.9 Å². The van der Waals surface area contributed by atoms with Gasteiger partial charge in [-0.2, -0.15) is 0 Å². The number of piperidine rings is 1. The van der Waals surface area contributed by atoms with Crippen molar-refractivity contribution in [3.63, 3.8) is 0 Å². The monoisotopic (exact) mass is 619 g/mol. The number of H-pyrrole nitrogens is 1. The number of hydrogen-bond donors (Lipinski definition) is 3. The molecule has 1 aliphatic carbocycles. The van der Waals surface area contributed by atoms with Gasteiger partial charge >= 0.3 is 6.09 Å². The zero-order valence-corrected chi connectivity index (χ0v) is 26.1. The number of aryl methyl sites for hydroxylation is 1. The van der Waals surface area contributed by atoms with Gasteiger partial charge < -0.3 is 24.8 Å². The average Bonchev–Trinajstić information content (AvgIpc) is 3.64. The number of anilines is 3. The van der Waals surface area contributed by atoms with Gasteiger partial charge in [0.25, 0.3) is 5.56 Å². The molecule has 1 saturated carbocycles. The molecule has 0 radical (unpaired) electrons. The van der Waals surface area contributed by atoms with Crippen molar-refractivity contribution < 1.29 is 19.1 Å². The number of nitrogens with one attached hydrogen (secondary N) is 3. The van der Waals surface area contributed by atoms with E-state index in [0.29, 0.717) is 16.8 Å². The average molecular weight is 620 g/mol. The quantitative estimate of drug-likeness (QED) is 0.265. The van der Waals surface area contributed by atoms with E-state index in [9.17, 15) is 19.2 Å². The number of aromatic amines is 1. The van der Waals surface area contributed by atoms with Gasteiger partial charge in [-0.3, -0.25) is 19.7 Å². The Morgan fingerprint density at radius 3 is 2.57 bits per heavy atom. The summed E-state index contributed by atoms with van der Waals surface area (Å²) in [6.07, 6.45) is 3.75. The number of ether oxygens (including phenoxy) is 1. The number of pyridine rings is 1. The van der Waals surface area contributed by atoms with Gasteiger partial charge in [-0.1, -0.05) is 31.2 Å². The first-order valence-electron chi connectivity index (χ1n) is 15.8. The van der Waals surface area contributed by atoms with Gasteiger partial charge in [-0.15, -0.1) is 0 Å². The molecule has 3 aromatic carbocycles. The highest BCUT2D eigenvalue weighted by Gasteiger charge is 2.46. The summed E-state index contributed by atoms with van der Waals surface area (Å²) in [6, 6.07) is 18.0. The van der Waals surface area contributed by atoms with E-state index in [1.54, 1.807) is 30.3 Å². The molecule has 0 spiro atoms. The molecule has 4 aromatic rings. The first kappa shape index (κ1) is 29.6. The number of fused-ring (bicyclic) bond motifs is 12. The zero-order valence-electron chi connectivity index (χ0n) is 26.1. The zero-order chi connectivity index (χ0) is 32.1. The first-order valence-corrected chi connectivity index (χ1v) is 15.8. The summed E-state index contributed by atoms with van der Waals surface area (Å²) in [4.78, 5) is 59.4. The maximum absolute atomic E-state index is 14.4. The van der Waals surface area contributed by atoms with Crippen molar-refractivity contribution in [1.82, 2.24) is 9.88 Å². The number of amides is 3. The summed E-state index contributed by atoms with van der Waals surface area (Å²) in [6.45, 7) is 4.35. The third kappa shape index (κ3) is 5.37. The molecule has 6 bridgehead atoms. The Morgan fingerprint density at radius 2 is 1.78 bits per heavy atom.